The van der Waals surface area contributed by atoms with Gasteiger partial charge in [-0.2, -0.15) is 0 Å². The number of nitrogens with zero attached hydrogens (tertiary/aromatic N) is 1. The molecule has 21 heavy (non-hydrogen) atoms. The topological polar surface area (TPSA) is 108 Å². The molecule has 9 heteroatoms. The Morgan fingerprint density at radius 3 is 2.43 bits per heavy atom. The van der Waals surface area contributed by atoms with Crippen LogP contribution in [0.1, 0.15) is 13.8 Å². The fraction of sp³-hybridized carbons (Fsp3) is 0.500. The first-order valence-electron chi connectivity index (χ1n) is 5.98. The number of ether oxygens (including phenoxy) is 2. The van der Waals surface area contributed by atoms with Crippen LogP contribution in [0, 0.1) is 10.1 Å². The molecule has 0 aliphatic rings. The minimum atomic E-state index is -3.90. The summed E-state index contributed by atoms with van der Waals surface area (Å²) in [6, 6.07) is 3.32. The number of methoxy groups -OCH3 is 2. The maximum absolute atomic E-state index is 12.4. The van der Waals surface area contributed by atoms with Crippen LogP contribution in [0.5, 0.6) is 5.75 Å². The van der Waals surface area contributed by atoms with E-state index in [1.165, 1.54) is 14.2 Å². The molecular formula is C12H18N2O6S. The van der Waals surface area contributed by atoms with Gasteiger partial charge in [0.05, 0.1) is 30.2 Å². The van der Waals surface area contributed by atoms with Crippen molar-refractivity contribution in [1.29, 1.82) is 0 Å². The molecule has 0 fully saturated rings. The third-order valence-corrected chi connectivity index (χ3v) is 4.30. The summed E-state index contributed by atoms with van der Waals surface area (Å²) in [6.45, 7) is 3.49. The first kappa shape index (κ1) is 17.3. The van der Waals surface area contributed by atoms with Gasteiger partial charge in [0.2, 0.25) is 10.0 Å². The van der Waals surface area contributed by atoms with Gasteiger partial charge in [-0.3, -0.25) is 10.1 Å². The van der Waals surface area contributed by atoms with E-state index in [4.69, 9.17) is 9.47 Å². The van der Waals surface area contributed by atoms with Crippen molar-refractivity contribution in [2.75, 3.05) is 20.8 Å². The molecule has 0 radical (unpaired) electrons. The first-order valence-corrected chi connectivity index (χ1v) is 7.46. The van der Waals surface area contributed by atoms with Gasteiger partial charge in [-0.05, 0) is 19.9 Å². The van der Waals surface area contributed by atoms with E-state index in [0.29, 0.717) is 0 Å². The SMILES string of the molecule is COCC(C)(C)NS(=O)(=O)c1ccc([N+](=O)[O-])cc1OC. The van der Waals surface area contributed by atoms with Crippen LogP contribution in [0.4, 0.5) is 5.69 Å². The average molecular weight is 318 g/mol. The number of nitro groups is 1. The van der Waals surface area contributed by atoms with Gasteiger partial charge in [0.25, 0.3) is 5.69 Å². The Bertz CT molecular complexity index is 627. The van der Waals surface area contributed by atoms with Crippen molar-refractivity contribution in [3.05, 3.63) is 28.3 Å². The molecule has 0 aromatic heterocycles. The van der Waals surface area contributed by atoms with Crippen molar-refractivity contribution in [2.24, 2.45) is 0 Å². The Morgan fingerprint density at radius 2 is 1.95 bits per heavy atom. The third kappa shape index (κ3) is 4.38. The van der Waals surface area contributed by atoms with Crippen molar-refractivity contribution >= 4 is 15.7 Å². The highest BCUT2D eigenvalue weighted by molar-refractivity contribution is 7.89. The van der Waals surface area contributed by atoms with Crippen LogP contribution in [-0.4, -0.2) is 39.7 Å². The van der Waals surface area contributed by atoms with Gasteiger partial charge >= 0.3 is 0 Å². The van der Waals surface area contributed by atoms with Crippen LogP contribution in [0.3, 0.4) is 0 Å². The van der Waals surface area contributed by atoms with E-state index < -0.39 is 20.5 Å². The minimum absolute atomic E-state index is 0.0927. The summed E-state index contributed by atoms with van der Waals surface area (Å²) in [5.74, 6) is -0.0927. The number of non-ortho nitro benzene ring substituents is 1. The third-order valence-electron chi connectivity index (χ3n) is 2.56. The highest BCUT2D eigenvalue weighted by Gasteiger charge is 2.29. The van der Waals surface area contributed by atoms with Crippen molar-refractivity contribution in [3.8, 4) is 5.75 Å². The maximum atomic E-state index is 12.4. The molecule has 0 bridgehead atoms. The summed E-state index contributed by atoms with van der Waals surface area (Å²) in [6.07, 6.45) is 0. The fourth-order valence-corrected chi connectivity index (χ4v) is 3.35. The van der Waals surface area contributed by atoms with Gasteiger partial charge in [-0.1, -0.05) is 0 Å². The van der Waals surface area contributed by atoms with Gasteiger partial charge < -0.3 is 9.47 Å². The van der Waals surface area contributed by atoms with Crippen LogP contribution >= 0.6 is 0 Å². The summed E-state index contributed by atoms with van der Waals surface area (Å²) < 4.78 is 37.1. The molecule has 1 aromatic rings. The molecule has 1 aromatic carbocycles. The Hall–Kier alpha value is -1.71. The van der Waals surface area contributed by atoms with Crippen molar-refractivity contribution in [2.45, 2.75) is 24.3 Å². The second-order valence-electron chi connectivity index (χ2n) is 5.01. The quantitative estimate of drug-likeness (QED) is 0.600. The smallest absolute Gasteiger partial charge is 0.273 e. The van der Waals surface area contributed by atoms with Gasteiger partial charge in [-0.25, -0.2) is 13.1 Å². The van der Waals surface area contributed by atoms with E-state index in [9.17, 15) is 18.5 Å². The van der Waals surface area contributed by atoms with Gasteiger partial charge in [0.15, 0.2) is 0 Å². The lowest BCUT2D eigenvalue weighted by atomic mass is 10.1. The monoisotopic (exact) mass is 318 g/mol. The first-order chi connectivity index (χ1) is 9.63. The number of nitro benzene ring substituents is 1. The zero-order chi connectivity index (χ0) is 16.3. The number of rotatable bonds is 7. The normalized spacial score (nSPS) is 12.2. The maximum Gasteiger partial charge on any atom is 0.273 e. The molecule has 1 N–H and O–H groups in total. The predicted octanol–water partition coefficient (Wildman–Crippen LogP) is 1.31. The van der Waals surface area contributed by atoms with E-state index in [1.807, 2.05) is 0 Å². The second kappa shape index (κ2) is 6.37. The number of hydrogen-bond donors (Lipinski definition) is 1. The summed E-state index contributed by atoms with van der Waals surface area (Å²) in [7, 11) is -1.19. The molecule has 0 spiro atoms. The van der Waals surface area contributed by atoms with Crippen LogP contribution in [0.15, 0.2) is 23.1 Å². The van der Waals surface area contributed by atoms with Crippen molar-refractivity contribution in [3.63, 3.8) is 0 Å². The van der Waals surface area contributed by atoms with E-state index in [1.54, 1.807) is 13.8 Å². The van der Waals surface area contributed by atoms with E-state index in [-0.39, 0.29) is 22.9 Å². The lowest BCUT2D eigenvalue weighted by Crippen LogP contribution is -2.46. The molecule has 0 saturated carbocycles. The number of hydrogen-bond acceptors (Lipinski definition) is 6. The highest BCUT2D eigenvalue weighted by atomic mass is 32.2. The molecule has 0 heterocycles. The number of nitrogens with one attached hydrogen (secondary N) is 1. The molecule has 0 aliphatic heterocycles. The second-order valence-corrected chi connectivity index (χ2v) is 6.67. The van der Waals surface area contributed by atoms with E-state index in [2.05, 4.69) is 4.72 Å². The molecule has 0 amide bonds. The molecule has 118 valence electrons. The summed E-state index contributed by atoms with van der Waals surface area (Å²) >= 11 is 0. The number of benzene rings is 1. The molecular weight excluding hydrogens is 300 g/mol. The van der Waals surface area contributed by atoms with Crippen molar-refractivity contribution in [1.82, 2.24) is 4.72 Å². The molecule has 1 rings (SSSR count). The Balaban J connectivity index is 3.22. The number of sulfonamides is 1. The summed E-state index contributed by atoms with van der Waals surface area (Å²) in [5.41, 5.74) is -1.08. The molecule has 0 atom stereocenters. The lowest BCUT2D eigenvalue weighted by molar-refractivity contribution is -0.385. The van der Waals surface area contributed by atoms with Crippen LogP contribution < -0.4 is 9.46 Å². The molecule has 0 aliphatic carbocycles. The van der Waals surface area contributed by atoms with E-state index in [0.717, 1.165) is 18.2 Å². The van der Waals surface area contributed by atoms with Crippen molar-refractivity contribution < 1.29 is 22.8 Å². The van der Waals surface area contributed by atoms with Crippen LogP contribution in [0.25, 0.3) is 0 Å². The van der Waals surface area contributed by atoms with Crippen LogP contribution in [0.2, 0.25) is 0 Å². The molecule has 0 unspecified atom stereocenters. The zero-order valence-corrected chi connectivity index (χ0v) is 13.1. The Labute approximate surface area is 123 Å². The van der Waals surface area contributed by atoms with Gasteiger partial charge in [0.1, 0.15) is 10.6 Å². The lowest BCUT2D eigenvalue weighted by Gasteiger charge is -2.25. The molecule has 0 saturated heterocycles. The van der Waals surface area contributed by atoms with Gasteiger partial charge in [0, 0.05) is 13.2 Å². The average Bonchev–Trinajstić information content (AvgIpc) is 2.36. The standard InChI is InChI=1S/C12H18N2O6S/c1-12(2,8-19-3)13-21(17,18)11-6-5-9(14(15)16)7-10(11)20-4/h5-7,13H,8H2,1-4H3. The zero-order valence-electron chi connectivity index (χ0n) is 12.2. The predicted molar refractivity (Wildman–Crippen MR) is 75.9 cm³/mol. The Kier molecular flexibility index (Phi) is 5.26. The minimum Gasteiger partial charge on any atom is -0.495 e. The largest absolute Gasteiger partial charge is 0.495 e. The fourth-order valence-electron chi connectivity index (χ4n) is 1.80. The Morgan fingerprint density at radius 1 is 1.33 bits per heavy atom. The highest BCUT2D eigenvalue weighted by Crippen LogP contribution is 2.29. The summed E-state index contributed by atoms with van der Waals surface area (Å²) in [4.78, 5) is 9.92. The molecule has 8 nitrogen and oxygen atoms in total. The van der Waals surface area contributed by atoms with Crippen LogP contribution in [-0.2, 0) is 14.8 Å². The van der Waals surface area contributed by atoms with Gasteiger partial charge in [-0.15, -0.1) is 0 Å². The summed E-state index contributed by atoms with van der Waals surface area (Å²) in [5, 5.41) is 10.7. The van der Waals surface area contributed by atoms with E-state index >= 15 is 0 Å².